The predicted molar refractivity (Wildman–Crippen MR) is 84.8 cm³/mol. The van der Waals surface area contributed by atoms with E-state index < -0.39 is 36.5 Å². The Kier molecular flexibility index (Phi) is 4.17. The van der Waals surface area contributed by atoms with Crippen molar-refractivity contribution in [1.29, 1.82) is 0 Å². The van der Waals surface area contributed by atoms with Crippen molar-refractivity contribution >= 4 is 34.9 Å². The van der Waals surface area contributed by atoms with Crippen molar-refractivity contribution in [3.8, 4) is 0 Å². The molecule has 0 radical (unpaired) electrons. The van der Waals surface area contributed by atoms with Gasteiger partial charge in [0.25, 0.3) is 0 Å². The lowest BCUT2D eigenvalue weighted by Gasteiger charge is -2.23. The topological polar surface area (TPSA) is 157 Å². The second kappa shape index (κ2) is 6.16. The van der Waals surface area contributed by atoms with Crippen molar-refractivity contribution in [2.75, 3.05) is 11.5 Å². The summed E-state index contributed by atoms with van der Waals surface area (Å²) in [4.78, 5) is 35.0. The molecular weight excluding hydrogens is 332 g/mol. The average molecular weight is 350 g/mol. The third kappa shape index (κ3) is 3.05. The van der Waals surface area contributed by atoms with Gasteiger partial charge >= 0.3 is 11.9 Å². The van der Waals surface area contributed by atoms with Crippen molar-refractivity contribution in [2.45, 2.75) is 45.3 Å². The van der Waals surface area contributed by atoms with Gasteiger partial charge in [-0.2, -0.15) is 9.97 Å². The van der Waals surface area contributed by atoms with Crippen LogP contribution in [0.4, 0.5) is 11.8 Å². The Hall–Kier alpha value is -2.95. The van der Waals surface area contributed by atoms with Crippen LogP contribution in [-0.4, -0.2) is 49.8 Å². The number of rotatable bonds is 3. The van der Waals surface area contributed by atoms with Gasteiger partial charge in [-0.15, -0.1) is 0 Å². The van der Waals surface area contributed by atoms with Gasteiger partial charge in [-0.1, -0.05) is 0 Å². The number of ether oxygens (including phenoxy) is 3. The summed E-state index contributed by atoms with van der Waals surface area (Å²) in [5.74, 6) is -0.960. The van der Waals surface area contributed by atoms with Gasteiger partial charge < -0.3 is 25.7 Å². The van der Waals surface area contributed by atoms with E-state index in [4.69, 9.17) is 25.7 Å². The third-order valence-corrected chi connectivity index (χ3v) is 3.77. The van der Waals surface area contributed by atoms with E-state index in [0.717, 1.165) is 0 Å². The van der Waals surface area contributed by atoms with Crippen LogP contribution >= 0.6 is 0 Å². The Labute approximate surface area is 142 Å². The Bertz CT molecular complexity index is 836. The minimum atomic E-state index is -0.883. The molecule has 0 amide bonds. The molecule has 11 nitrogen and oxygen atoms in total. The lowest BCUT2D eigenvalue weighted by Crippen LogP contribution is -2.38. The van der Waals surface area contributed by atoms with Gasteiger partial charge in [-0.3, -0.25) is 14.2 Å². The van der Waals surface area contributed by atoms with Crippen LogP contribution in [0.3, 0.4) is 0 Å². The Morgan fingerprint density at radius 2 is 1.80 bits per heavy atom. The number of fused-ring (bicyclic) bond motifs is 1. The van der Waals surface area contributed by atoms with Crippen molar-refractivity contribution in [3.63, 3.8) is 0 Å². The maximum Gasteiger partial charge on any atom is 0.303 e. The van der Waals surface area contributed by atoms with E-state index in [-0.39, 0.29) is 11.8 Å². The van der Waals surface area contributed by atoms with E-state index >= 15 is 0 Å². The van der Waals surface area contributed by atoms with Crippen molar-refractivity contribution in [3.05, 3.63) is 6.33 Å². The summed E-state index contributed by atoms with van der Waals surface area (Å²) in [6.45, 7) is 4.24. The number of anilines is 2. The number of carbonyl (C=O) groups is 2. The van der Waals surface area contributed by atoms with Crippen LogP contribution in [0.15, 0.2) is 6.33 Å². The minimum absolute atomic E-state index is 0.0293. The number of nitrogens with two attached hydrogens (primary N) is 2. The van der Waals surface area contributed by atoms with Crippen LogP contribution in [0.2, 0.25) is 0 Å². The fraction of sp³-hybridized carbons (Fsp3) is 0.500. The van der Waals surface area contributed by atoms with Gasteiger partial charge in [0.1, 0.15) is 5.52 Å². The molecule has 1 aliphatic rings. The van der Waals surface area contributed by atoms with Gasteiger partial charge in [0, 0.05) is 13.8 Å². The zero-order valence-corrected chi connectivity index (χ0v) is 13.9. The van der Waals surface area contributed by atoms with E-state index in [1.54, 1.807) is 6.92 Å². The monoisotopic (exact) mass is 350 g/mol. The quantitative estimate of drug-likeness (QED) is 0.708. The second-order valence-electron chi connectivity index (χ2n) is 5.67. The molecule has 0 aromatic carbocycles. The highest BCUT2D eigenvalue weighted by molar-refractivity contribution is 5.82. The molecule has 1 fully saturated rings. The molecule has 4 N–H and O–H groups in total. The van der Waals surface area contributed by atoms with Crippen LogP contribution in [0, 0.1) is 0 Å². The first kappa shape index (κ1) is 16.9. The van der Waals surface area contributed by atoms with Crippen LogP contribution in [0.25, 0.3) is 11.2 Å². The van der Waals surface area contributed by atoms with Crippen molar-refractivity contribution in [1.82, 2.24) is 19.5 Å². The molecule has 0 aliphatic carbocycles. The minimum Gasteiger partial charge on any atom is -0.456 e. The zero-order chi connectivity index (χ0) is 18.3. The summed E-state index contributed by atoms with van der Waals surface area (Å²) in [5.41, 5.74) is 12.1. The van der Waals surface area contributed by atoms with Gasteiger partial charge in [0.15, 0.2) is 29.9 Å². The number of nitrogen functional groups attached to an aromatic ring is 2. The molecule has 0 unspecified atom stereocenters. The van der Waals surface area contributed by atoms with E-state index in [9.17, 15) is 9.59 Å². The fourth-order valence-electron chi connectivity index (χ4n) is 2.84. The van der Waals surface area contributed by atoms with Crippen LogP contribution in [0.1, 0.15) is 27.0 Å². The van der Waals surface area contributed by atoms with Crippen LogP contribution < -0.4 is 11.5 Å². The highest BCUT2D eigenvalue weighted by Crippen LogP contribution is 2.35. The summed E-state index contributed by atoms with van der Waals surface area (Å²) in [5, 5.41) is 0. The number of hydrogen-bond acceptors (Lipinski definition) is 10. The highest BCUT2D eigenvalue weighted by atomic mass is 16.6. The molecule has 25 heavy (non-hydrogen) atoms. The standard InChI is InChI=1S/C14H18N6O5/c1-5-9(24-6(2)21)10(25-7(3)22)13(23-5)20-4-17-8-11(15)18-14(16)19-12(8)20/h4-5,9-10,13H,1-3H3,(H4,15,16,18,19)/t5-,9-,10-,13-/m1/s1. The first-order chi connectivity index (χ1) is 11.8. The Balaban J connectivity index is 2.05. The second-order valence-corrected chi connectivity index (χ2v) is 5.67. The fourth-order valence-corrected chi connectivity index (χ4v) is 2.84. The molecule has 4 atom stereocenters. The lowest BCUT2D eigenvalue weighted by molar-refractivity contribution is -0.165. The Morgan fingerprint density at radius 3 is 2.44 bits per heavy atom. The summed E-state index contributed by atoms with van der Waals surface area (Å²) in [6, 6.07) is 0. The number of esters is 2. The number of aromatic nitrogens is 4. The van der Waals surface area contributed by atoms with Crippen LogP contribution in [-0.2, 0) is 23.8 Å². The maximum absolute atomic E-state index is 11.5. The first-order valence-corrected chi connectivity index (χ1v) is 7.53. The molecule has 0 bridgehead atoms. The van der Waals surface area contributed by atoms with Crippen molar-refractivity contribution < 1.29 is 23.8 Å². The normalized spacial score (nSPS) is 25.9. The van der Waals surface area contributed by atoms with Crippen molar-refractivity contribution in [2.24, 2.45) is 0 Å². The molecule has 2 aromatic rings. The highest BCUT2D eigenvalue weighted by Gasteiger charge is 2.48. The smallest absolute Gasteiger partial charge is 0.303 e. The van der Waals surface area contributed by atoms with E-state index in [0.29, 0.717) is 11.2 Å². The molecule has 0 saturated carbocycles. The third-order valence-electron chi connectivity index (χ3n) is 3.77. The molecule has 1 saturated heterocycles. The van der Waals surface area contributed by atoms with Gasteiger partial charge in [-0.25, -0.2) is 4.98 Å². The lowest BCUT2D eigenvalue weighted by atomic mass is 10.1. The average Bonchev–Trinajstić information content (AvgIpc) is 3.02. The van der Waals surface area contributed by atoms with Crippen LogP contribution in [0.5, 0.6) is 0 Å². The molecule has 2 aromatic heterocycles. The summed E-state index contributed by atoms with van der Waals surface area (Å²) in [6.07, 6.45) is -1.57. The number of imidazole rings is 1. The number of carbonyl (C=O) groups excluding carboxylic acids is 2. The molecule has 1 aliphatic heterocycles. The largest absolute Gasteiger partial charge is 0.456 e. The van der Waals surface area contributed by atoms with E-state index in [2.05, 4.69) is 15.0 Å². The summed E-state index contributed by atoms with van der Waals surface area (Å²) >= 11 is 0. The van der Waals surface area contributed by atoms with Gasteiger partial charge in [0.2, 0.25) is 5.95 Å². The SMILES string of the molecule is CC(=O)O[C@@H]1[C@H](OC(C)=O)[C@@H](C)O[C@H]1n1cnc2c(N)nc(N)nc21. The molecule has 3 rings (SSSR count). The number of hydrogen-bond donors (Lipinski definition) is 2. The molecule has 11 heteroatoms. The predicted octanol–water partition coefficient (Wildman–Crippen LogP) is -0.229. The maximum atomic E-state index is 11.5. The van der Waals surface area contributed by atoms with E-state index in [1.807, 2.05) is 0 Å². The van der Waals surface area contributed by atoms with Gasteiger partial charge in [0.05, 0.1) is 12.4 Å². The summed E-state index contributed by atoms with van der Waals surface area (Å²) in [7, 11) is 0. The zero-order valence-electron chi connectivity index (χ0n) is 13.9. The molecule has 3 heterocycles. The Morgan fingerprint density at radius 1 is 1.16 bits per heavy atom. The molecule has 0 spiro atoms. The van der Waals surface area contributed by atoms with E-state index in [1.165, 1.54) is 24.7 Å². The summed E-state index contributed by atoms with van der Waals surface area (Å²) < 4.78 is 18.0. The number of nitrogens with zero attached hydrogens (tertiary/aromatic N) is 4. The molecule has 134 valence electrons. The van der Waals surface area contributed by atoms with Gasteiger partial charge in [-0.05, 0) is 6.92 Å². The first-order valence-electron chi connectivity index (χ1n) is 7.53. The molecular formula is C14H18N6O5.